The van der Waals surface area contributed by atoms with E-state index >= 15 is 0 Å². The second kappa shape index (κ2) is 4.26. The van der Waals surface area contributed by atoms with Crippen molar-refractivity contribution < 1.29 is 9.90 Å². The number of aliphatic hydroxyl groups is 1. The van der Waals surface area contributed by atoms with Gasteiger partial charge < -0.3 is 10.8 Å². The molecule has 1 saturated carbocycles. The van der Waals surface area contributed by atoms with Gasteiger partial charge in [0.2, 0.25) is 0 Å². The molecule has 1 atom stereocenters. The monoisotopic (exact) mass is 219 g/mol. The van der Waals surface area contributed by atoms with Gasteiger partial charge in [-0.3, -0.25) is 4.79 Å². The minimum atomic E-state index is -1.49. The number of primary amides is 1. The molecule has 0 radical (unpaired) electrons. The van der Waals surface area contributed by atoms with Gasteiger partial charge in [0.15, 0.2) is 5.60 Å². The highest BCUT2D eigenvalue weighted by molar-refractivity contribution is 5.85. The molecule has 1 aliphatic carbocycles. The van der Waals surface area contributed by atoms with Crippen LogP contribution in [0, 0.1) is 5.92 Å². The van der Waals surface area contributed by atoms with Crippen molar-refractivity contribution in [3.63, 3.8) is 0 Å². The summed E-state index contributed by atoms with van der Waals surface area (Å²) in [6, 6.07) is 9.03. The molecule has 86 valence electrons. The summed E-state index contributed by atoms with van der Waals surface area (Å²) in [5.74, 6) is -0.669. The van der Waals surface area contributed by atoms with Gasteiger partial charge in [-0.1, -0.05) is 43.2 Å². The molecule has 2 rings (SSSR count). The Morgan fingerprint density at radius 1 is 1.25 bits per heavy atom. The number of nitrogens with two attached hydrogens (primary N) is 1. The van der Waals surface area contributed by atoms with E-state index in [1.54, 1.807) is 12.1 Å². The van der Waals surface area contributed by atoms with Crippen molar-refractivity contribution in [3.8, 4) is 0 Å². The molecule has 0 aromatic heterocycles. The SMILES string of the molecule is NC(=O)[C@](O)(c1ccccc1)C1CCCC1. The zero-order valence-electron chi connectivity index (χ0n) is 9.23. The summed E-state index contributed by atoms with van der Waals surface area (Å²) in [5, 5.41) is 10.6. The minimum Gasteiger partial charge on any atom is -0.375 e. The van der Waals surface area contributed by atoms with Crippen molar-refractivity contribution in [2.45, 2.75) is 31.3 Å². The van der Waals surface area contributed by atoms with Gasteiger partial charge in [0.25, 0.3) is 5.91 Å². The zero-order chi connectivity index (χ0) is 11.6. The standard InChI is InChI=1S/C13H17NO2/c14-12(15)13(16,11-8-4-5-9-11)10-6-2-1-3-7-10/h1-3,6-7,11,16H,4-5,8-9H2,(H2,14,15)/t13-/m0/s1. The largest absolute Gasteiger partial charge is 0.375 e. The second-order valence-electron chi connectivity index (χ2n) is 4.48. The molecule has 0 heterocycles. The quantitative estimate of drug-likeness (QED) is 0.810. The third-order valence-electron chi connectivity index (χ3n) is 3.54. The predicted octanol–water partition coefficient (Wildman–Crippen LogP) is 1.55. The number of hydrogen-bond acceptors (Lipinski definition) is 2. The molecule has 1 aromatic rings. The van der Waals surface area contributed by atoms with Crippen LogP contribution >= 0.6 is 0 Å². The third-order valence-corrected chi connectivity index (χ3v) is 3.54. The van der Waals surface area contributed by atoms with E-state index in [2.05, 4.69) is 0 Å². The number of amides is 1. The fourth-order valence-electron chi connectivity index (χ4n) is 2.61. The number of benzene rings is 1. The van der Waals surface area contributed by atoms with E-state index in [1.807, 2.05) is 18.2 Å². The van der Waals surface area contributed by atoms with Gasteiger partial charge in [0, 0.05) is 5.92 Å². The maximum atomic E-state index is 11.6. The number of hydrogen-bond donors (Lipinski definition) is 2. The van der Waals surface area contributed by atoms with Gasteiger partial charge in [-0.05, 0) is 18.4 Å². The Labute approximate surface area is 95.3 Å². The van der Waals surface area contributed by atoms with Crippen LogP contribution in [0.3, 0.4) is 0 Å². The van der Waals surface area contributed by atoms with Crippen molar-refractivity contribution >= 4 is 5.91 Å². The molecule has 1 amide bonds. The predicted molar refractivity (Wildman–Crippen MR) is 61.5 cm³/mol. The van der Waals surface area contributed by atoms with Crippen LogP contribution in [0.15, 0.2) is 30.3 Å². The van der Waals surface area contributed by atoms with Crippen LogP contribution in [0.25, 0.3) is 0 Å². The summed E-state index contributed by atoms with van der Waals surface area (Å²) in [4.78, 5) is 11.6. The highest BCUT2D eigenvalue weighted by Gasteiger charge is 2.44. The average Bonchev–Trinajstić information content (AvgIpc) is 2.82. The van der Waals surface area contributed by atoms with Gasteiger partial charge in [-0.2, -0.15) is 0 Å². The lowest BCUT2D eigenvalue weighted by Crippen LogP contribution is -2.46. The minimum absolute atomic E-state index is 0.0348. The summed E-state index contributed by atoms with van der Waals surface area (Å²) >= 11 is 0. The Kier molecular flexibility index (Phi) is 2.97. The third kappa shape index (κ3) is 1.71. The smallest absolute Gasteiger partial charge is 0.254 e. The van der Waals surface area contributed by atoms with Crippen LogP contribution in [0.5, 0.6) is 0 Å². The van der Waals surface area contributed by atoms with E-state index in [1.165, 1.54) is 0 Å². The van der Waals surface area contributed by atoms with E-state index in [4.69, 9.17) is 5.73 Å². The number of carbonyl (C=O) groups excluding carboxylic acids is 1. The lowest BCUT2D eigenvalue weighted by molar-refractivity contribution is -0.143. The van der Waals surface area contributed by atoms with Crippen LogP contribution < -0.4 is 5.73 Å². The van der Waals surface area contributed by atoms with Crippen LogP contribution in [0.4, 0.5) is 0 Å². The maximum Gasteiger partial charge on any atom is 0.254 e. The lowest BCUT2D eigenvalue weighted by atomic mass is 9.79. The molecular weight excluding hydrogens is 202 g/mol. The zero-order valence-corrected chi connectivity index (χ0v) is 9.23. The molecular formula is C13H17NO2. The molecule has 3 nitrogen and oxygen atoms in total. The summed E-state index contributed by atoms with van der Waals surface area (Å²) in [6.45, 7) is 0. The molecule has 1 aromatic carbocycles. The molecule has 3 N–H and O–H groups in total. The van der Waals surface area contributed by atoms with Gasteiger partial charge in [-0.25, -0.2) is 0 Å². The summed E-state index contributed by atoms with van der Waals surface area (Å²) < 4.78 is 0. The first kappa shape index (κ1) is 11.1. The Hall–Kier alpha value is -1.35. The van der Waals surface area contributed by atoms with Crippen LogP contribution in [0.1, 0.15) is 31.2 Å². The van der Waals surface area contributed by atoms with Crippen molar-refractivity contribution in [2.75, 3.05) is 0 Å². The molecule has 16 heavy (non-hydrogen) atoms. The number of carbonyl (C=O) groups is 1. The molecule has 1 aliphatic rings. The van der Waals surface area contributed by atoms with Gasteiger partial charge in [0.05, 0.1) is 0 Å². The topological polar surface area (TPSA) is 63.3 Å². The van der Waals surface area contributed by atoms with Crippen molar-refractivity contribution in [2.24, 2.45) is 11.7 Å². The lowest BCUT2D eigenvalue weighted by Gasteiger charge is -2.31. The van der Waals surface area contributed by atoms with Crippen molar-refractivity contribution in [3.05, 3.63) is 35.9 Å². The molecule has 0 bridgehead atoms. The fourth-order valence-corrected chi connectivity index (χ4v) is 2.61. The van der Waals surface area contributed by atoms with Crippen LogP contribution in [-0.4, -0.2) is 11.0 Å². The van der Waals surface area contributed by atoms with Gasteiger partial charge in [0.1, 0.15) is 0 Å². The maximum absolute atomic E-state index is 11.6. The normalized spacial score (nSPS) is 20.6. The van der Waals surface area contributed by atoms with Crippen LogP contribution in [-0.2, 0) is 10.4 Å². The highest BCUT2D eigenvalue weighted by Crippen LogP contribution is 2.40. The van der Waals surface area contributed by atoms with Gasteiger partial charge in [-0.15, -0.1) is 0 Å². The Morgan fingerprint density at radius 3 is 2.31 bits per heavy atom. The molecule has 0 aliphatic heterocycles. The summed E-state index contributed by atoms with van der Waals surface area (Å²) in [6.07, 6.45) is 3.86. The Bertz CT molecular complexity index is 371. The van der Waals surface area contributed by atoms with E-state index in [9.17, 15) is 9.90 Å². The Morgan fingerprint density at radius 2 is 1.81 bits per heavy atom. The highest BCUT2D eigenvalue weighted by atomic mass is 16.3. The van der Waals surface area contributed by atoms with Crippen molar-refractivity contribution in [1.82, 2.24) is 0 Å². The first-order chi connectivity index (χ1) is 7.65. The average molecular weight is 219 g/mol. The van der Waals surface area contributed by atoms with E-state index in [0.717, 1.165) is 25.7 Å². The summed E-state index contributed by atoms with van der Waals surface area (Å²) in [7, 11) is 0. The molecule has 1 fully saturated rings. The number of rotatable bonds is 3. The van der Waals surface area contributed by atoms with E-state index in [0.29, 0.717) is 5.56 Å². The molecule has 0 unspecified atom stereocenters. The van der Waals surface area contributed by atoms with E-state index in [-0.39, 0.29) is 5.92 Å². The van der Waals surface area contributed by atoms with Crippen molar-refractivity contribution in [1.29, 1.82) is 0 Å². The van der Waals surface area contributed by atoms with E-state index < -0.39 is 11.5 Å². The first-order valence-electron chi connectivity index (χ1n) is 5.73. The molecule has 0 spiro atoms. The van der Waals surface area contributed by atoms with Crippen LogP contribution in [0.2, 0.25) is 0 Å². The summed E-state index contributed by atoms with van der Waals surface area (Å²) in [5.41, 5.74) is 4.53. The molecule has 0 saturated heterocycles. The Balaban J connectivity index is 2.39. The first-order valence-corrected chi connectivity index (χ1v) is 5.73. The molecule has 3 heteroatoms. The fraction of sp³-hybridized carbons (Fsp3) is 0.462. The second-order valence-corrected chi connectivity index (χ2v) is 4.48. The van der Waals surface area contributed by atoms with Gasteiger partial charge >= 0.3 is 0 Å².